The Hall–Kier alpha value is -1.65. The Labute approximate surface area is 83.7 Å². The van der Waals surface area contributed by atoms with Crippen LogP contribution in [0.1, 0.15) is 11.5 Å². The van der Waals surface area contributed by atoms with Crippen LogP contribution in [0.5, 0.6) is 0 Å². The highest BCUT2D eigenvalue weighted by atomic mass is 19.4. The fourth-order valence-corrected chi connectivity index (χ4v) is 1.13. The summed E-state index contributed by atoms with van der Waals surface area (Å²) in [6.45, 7) is 0. The second-order valence-electron chi connectivity index (χ2n) is 2.89. The van der Waals surface area contributed by atoms with Gasteiger partial charge in [-0.3, -0.25) is 4.79 Å². The van der Waals surface area contributed by atoms with Gasteiger partial charge in [-0.1, -0.05) is 30.3 Å². The molecule has 0 aliphatic rings. The van der Waals surface area contributed by atoms with E-state index >= 15 is 0 Å². The van der Waals surface area contributed by atoms with Crippen molar-refractivity contribution in [3.8, 4) is 0 Å². The normalized spacial score (nSPS) is 13.3. The Bertz CT molecular complexity index is 357. The second kappa shape index (κ2) is 4.25. The SMILES string of the molecule is O=CC(C(=O)C(F)(F)F)c1ccccc1. The van der Waals surface area contributed by atoms with E-state index < -0.39 is 17.9 Å². The zero-order valence-corrected chi connectivity index (χ0v) is 7.49. The largest absolute Gasteiger partial charge is 0.451 e. The van der Waals surface area contributed by atoms with Crippen LogP contribution in [0.25, 0.3) is 0 Å². The summed E-state index contributed by atoms with van der Waals surface area (Å²) in [6, 6.07) is 7.14. The van der Waals surface area contributed by atoms with Gasteiger partial charge in [-0.15, -0.1) is 0 Å². The van der Waals surface area contributed by atoms with E-state index in [-0.39, 0.29) is 11.8 Å². The summed E-state index contributed by atoms with van der Waals surface area (Å²) >= 11 is 0. The number of alkyl halides is 3. The molecule has 0 aromatic heterocycles. The molecule has 15 heavy (non-hydrogen) atoms. The summed E-state index contributed by atoms with van der Waals surface area (Å²) in [5.41, 5.74) is 0.0508. The number of hydrogen-bond donors (Lipinski definition) is 0. The molecule has 1 aromatic rings. The van der Waals surface area contributed by atoms with Gasteiger partial charge in [-0.2, -0.15) is 13.2 Å². The minimum Gasteiger partial charge on any atom is -0.302 e. The third kappa shape index (κ3) is 2.65. The van der Waals surface area contributed by atoms with Gasteiger partial charge in [0.05, 0.1) is 0 Å². The molecule has 0 heterocycles. The van der Waals surface area contributed by atoms with Crippen LogP contribution in [-0.4, -0.2) is 18.2 Å². The number of benzene rings is 1. The minimum atomic E-state index is -4.98. The van der Waals surface area contributed by atoms with E-state index in [1.165, 1.54) is 24.3 Å². The lowest BCUT2D eigenvalue weighted by molar-refractivity contribution is -0.172. The molecule has 0 aliphatic carbocycles. The summed E-state index contributed by atoms with van der Waals surface area (Å²) in [6.07, 6.45) is -4.98. The summed E-state index contributed by atoms with van der Waals surface area (Å²) < 4.78 is 36.2. The first kappa shape index (κ1) is 11.4. The van der Waals surface area contributed by atoms with Crippen molar-refractivity contribution >= 4 is 12.1 Å². The molecule has 80 valence electrons. The van der Waals surface area contributed by atoms with Gasteiger partial charge >= 0.3 is 6.18 Å². The Morgan fingerprint density at radius 2 is 1.73 bits per heavy atom. The first-order valence-electron chi connectivity index (χ1n) is 4.08. The van der Waals surface area contributed by atoms with Crippen LogP contribution in [0.4, 0.5) is 13.2 Å². The summed E-state index contributed by atoms with van der Waals surface area (Å²) in [7, 11) is 0. The third-order valence-electron chi connectivity index (χ3n) is 1.86. The molecule has 0 aliphatic heterocycles. The quantitative estimate of drug-likeness (QED) is 0.572. The van der Waals surface area contributed by atoms with Crippen molar-refractivity contribution in [2.45, 2.75) is 12.1 Å². The van der Waals surface area contributed by atoms with Gasteiger partial charge in [-0.25, -0.2) is 0 Å². The minimum absolute atomic E-state index is 0.00512. The molecule has 0 saturated carbocycles. The first-order valence-corrected chi connectivity index (χ1v) is 4.08. The van der Waals surface area contributed by atoms with E-state index in [0.29, 0.717) is 0 Å². The second-order valence-corrected chi connectivity index (χ2v) is 2.89. The van der Waals surface area contributed by atoms with Crippen molar-refractivity contribution in [2.24, 2.45) is 0 Å². The van der Waals surface area contributed by atoms with Crippen LogP contribution >= 0.6 is 0 Å². The van der Waals surface area contributed by atoms with Crippen molar-refractivity contribution in [2.75, 3.05) is 0 Å². The van der Waals surface area contributed by atoms with Crippen LogP contribution in [0, 0.1) is 0 Å². The number of ketones is 1. The molecule has 2 nitrogen and oxygen atoms in total. The Morgan fingerprint density at radius 1 is 1.20 bits per heavy atom. The predicted molar refractivity (Wildman–Crippen MR) is 46.3 cm³/mol. The van der Waals surface area contributed by atoms with Gasteiger partial charge in [0.2, 0.25) is 0 Å². The topological polar surface area (TPSA) is 34.1 Å². The Balaban J connectivity index is 3.01. The van der Waals surface area contributed by atoms with Crippen LogP contribution in [0.15, 0.2) is 30.3 Å². The monoisotopic (exact) mass is 216 g/mol. The lowest BCUT2D eigenvalue weighted by Gasteiger charge is -2.11. The van der Waals surface area contributed by atoms with Crippen LogP contribution in [0.3, 0.4) is 0 Å². The summed E-state index contributed by atoms with van der Waals surface area (Å²) in [5, 5.41) is 0. The molecule has 0 fully saturated rings. The summed E-state index contributed by atoms with van der Waals surface area (Å²) in [5.74, 6) is -3.80. The average molecular weight is 216 g/mol. The standard InChI is InChI=1S/C10H7F3O2/c11-10(12,13)9(15)8(6-14)7-4-2-1-3-5-7/h1-6,8H. The molecule has 0 radical (unpaired) electrons. The number of hydrogen-bond acceptors (Lipinski definition) is 2. The maximum Gasteiger partial charge on any atom is 0.451 e. The number of halogens is 3. The predicted octanol–water partition coefficient (Wildman–Crippen LogP) is 2.10. The maximum absolute atomic E-state index is 12.1. The highest BCUT2D eigenvalue weighted by Gasteiger charge is 2.43. The third-order valence-corrected chi connectivity index (χ3v) is 1.86. The molecule has 0 spiro atoms. The van der Waals surface area contributed by atoms with E-state index in [9.17, 15) is 22.8 Å². The molecule has 1 rings (SSSR count). The summed E-state index contributed by atoms with van der Waals surface area (Å²) in [4.78, 5) is 21.3. The molecule has 1 aromatic carbocycles. The van der Waals surface area contributed by atoms with Crippen LogP contribution in [0.2, 0.25) is 0 Å². The molecule has 1 unspecified atom stereocenters. The lowest BCUT2D eigenvalue weighted by Crippen LogP contribution is -2.29. The molecule has 1 atom stereocenters. The number of aldehydes is 1. The van der Waals surface area contributed by atoms with Gasteiger partial charge in [0.25, 0.3) is 5.78 Å². The van der Waals surface area contributed by atoms with Crippen molar-refractivity contribution < 1.29 is 22.8 Å². The van der Waals surface area contributed by atoms with Gasteiger partial charge < -0.3 is 4.79 Å². The zero-order chi connectivity index (χ0) is 11.5. The molecular formula is C10H7F3O2. The van der Waals surface area contributed by atoms with Crippen molar-refractivity contribution in [1.29, 1.82) is 0 Å². The van der Waals surface area contributed by atoms with Crippen molar-refractivity contribution in [3.63, 3.8) is 0 Å². The van der Waals surface area contributed by atoms with E-state index in [2.05, 4.69) is 0 Å². The Kier molecular flexibility index (Phi) is 3.24. The molecule has 0 N–H and O–H groups in total. The smallest absolute Gasteiger partial charge is 0.302 e. The number of carbonyl (C=O) groups excluding carboxylic acids is 2. The fraction of sp³-hybridized carbons (Fsp3) is 0.200. The van der Waals surface area contributed by atoms with Crippen molar-refractivity contribution in [3.05, 3.63) is 35.9 Å². The number of rotatable bonds is 3. The maximum atomic E-state index is 12.1. The van der Waals surface area contributed by atoms with Crippen LogP contribution < -0.4 is 0 Å². The van der Waals surface area contributed by atoms with Gasteiger partial charge in [0.1, 0.15) is 12.2 Å². The van der Waals surface area contributed by atoms with Crippen LogP contribution in [-0.2, 0) is 9.59 Å². The molecule has 0 saturated heterocycles. The molecule has 0 amide bonds. The molecule has 5 heteroatoms. The lowest BCUT2D eigenvalue weighted by atomic mass is 9.96. The molecular weight excluding hydrogens is 209 g/mol. The van der Waals surface area contributed by atoms with E-state index in [4.69, 9.17) is 0 Å². The van der Waals surface area contributed by atoms with Crippen molar-refractivity contribution in [1.82, 2.24) is 0 Å². The first-order chi connectivity index (χ1) is 6.96. The highest BCUT2D eigenvalue weighted by molar-refractivity contribution is 6.02. The zero-order valence-electron chi connectivity index (χ0n) is 7.49. The average Bonchev–Trinajstić information content (AvgIpc) is 2.19. The van der Waals surface area contributed by atoms with E-state index in [1.54, 1.807) is 6.07 Å². The fourth-order valence-electron chi connectivity index (χ4n) is 1.13. The van der Waals surface area contributed by atoms with E-state index in [0.717, 1.165) is 0 Å². The highest BCUT2D eigenvalue weighted by Crippen LogP contribution is 2.26. The van der Waals surface area contributed by atoms with Gasteiger partial charge in [-0.05, 0) is 5.56 Å². The Morgan fingerprint density at radius 3 is 2.13 bits per heavy atom. The van der Waals surface area contributed by atoms with Gasteiger partial charge in [0.15, 0.2) is 0 Å². The van der Waals surface area contributed by atoms with Gasteiger partial charge in [0, 0.05) is 0 Å². The number of Topliss-reactive ketones (excluding diaryl/α,β-unsaturated/α-hetero) is 1. The van der Waals surface area contributed by atoms with E-state index in [1.807, 2.05) is 0 Å². The number of carbonyl (C=O) groups is 2. The molecule has 0 bridgehead atoms.